The molecule has 0 rings (SSSR count). The molecule has 12 heavy (non-hydrogen) atoms. The molecule has 0 aromatic rings. The summed E-state index contributed by atoms with van der Waals surface area (Å²) in [6, 6.07) is 0. The van der Waals surface area contributed by atoms with E-state index in [1.165, 1.54) is 0 Å². The lowest BCUT2D eigenvalue weighted by atomic mass is 10.3. The van der Waals surface area contributed by atoms with E-state index in [2.05, 4.69) is 0 Å². The van der Waals surface area contributed by atoms with Crippen LogP contribution in [0.4, 0.5) is 0 Å². The first-order valence-corrected chi connectivity index (χ1v) is 3.65. The lowest BCUT2D eigenvalue weighted by Gasteiger charge is -2.10. The number of allylic oxidation sites excluding steroid dienone is 1. The van der Waals surface area contributed by atoms with Crippen LogP contribution in [0.15, 0.2) is 12.2 Å². The molecule has 0 unspecified atom stereocenters. The molecule has 0 spiro atoms. The number of carbonyl (C=O) groups is 1. The van der Waals surface area contributed by atoms with E-state index < -0.39 is 5.97 Å². The van der Waals surface area contributed by atoms with Crippen LogP contribution >= 0.6 is 0 Å². The Balaban J connectivity index is 3.47. The summed E-state index contributed by atoms with van der Waals surface area (Å²) >= 11 is 0. The molecule has 0 amide bonds. The van der Waals surface area contributed by atoms with Crippen LogP contribution in [0.1, 0.15) is 12.8 Å². The zero-order valence-corrected chi connectivity index (χ0v) is 7.32. The number of aliphatic carboxylic acids is 1. The quantitative estimate of drug-likeness (QED) is 0.482. The zero-order valence-electron chi connectivity index (χ0n) is 7.32. The summed E-state index contributed by atoms with van der Waals surface area (Å²) in [6.07, 6.45) is 3.74. The van der Waals surface area contributed by atoms with Crippen LogP contribution in [0, 0.1) is 0 Å². The summed E-state index contributed by atoms with van der Waals surface area (Å²) in [7, 11) is 3.10. The van der Waals surface area contributed by atoms with Gasteiger partial charge in [-0.1, -0.05) is 6.08 Å². The zero-order chi connectivity index (χ0) is 9.40. The lowest BCUT2D eigenvalue weighted by Crippen LogP contribution is -2.11. The molecule has 4 nitrogen and oxygen atoms in total. The van der Waals surface area contributed by atoms with E-state index >= 15 is 0 Å². The third kappa shape index (κ3) is 5.88. The normalized spacial score (nSPS) is 11.2. The summed E-state index contributed by atoms with van der Waals surface area (Å²) in [5.74, 6) is -0.929. The molecule has 0 atom stereocenters. The molecule has 0 fully saturated rings. The van der Waals surface area contributed by atoms with Gasteiger partial charge in [0.25, 0.3) is 0 Å². The van der Waals surface area contributed by atoms with Crippen molar-refractivity contribution in [2.75, 3.05) is 14.2 Å². The van der Waals surface area contributed by atoms with Gasteiger partial charge in [0.1, 0.15) is 0 Å². The smallest absolute Gasteiger partial charge is 0.327 e. The van der Waals surface area contributed by atoms with Crippen molar-refractivity contribution >= 4 is 5.97 Å². The van der Waals surface area contributed by atoms with Crippen LogP contribution < -0.4 is 0 Å². The first kappa shape index (κ1) is 11.1. The summed E-state index contributed by atoms with van der Waals surface area (Å²) in [6.45, 7) is 0. The first-order chi connectivity index (χ1) is 5.70. The molecule has 0 aliphatic carbocycles. The largest absolute Gasteiger partial charge is 0.478 e. The Hall–Kier alpha value is -0.870. The van der Waals surface area contributed by atoms with Gasteiger partial charge in [-0.25, -0.2) is 4.79 Å². The predicted octanol–water partition coefficient (Wildman–Crippen LogP) is 1.03. The van der Waals surface area contributed by atoms with Gasteiger partial charge < -0.3 is 14.6 Å². The number of hydrogen-bond acceptors (Lipinski definition) is 3. The fraction of sp³-hybridized carbons (Fsp3) is 0.625. The van der Waals surface area contributed by atoms with Gasteiger partial charge in [-0.3, -0.25) is 0 Å². The van der Waals surface area contributed by atoms with Gasteiger partial charge in [0, 0.05) is 26.7 Å². The highest BCUT2D eigenvalue weighted by Crippen LogP contribution is 2.02. The fourth-order valence-corrected chi connectivity index (χ4v) is 0.748. The Labute approximate surface area is 71.8 Å². The maximum Gasteiger partial charge on any atom is 0.327 e. The second kappa shape index (κ2) is 6.82. The second-order valence-electron chi connectivity index (χ2n) is 2.22. The Morgan fingerprint density at radius 2 is 2.08 bits per heavy atom. The number of rotatable bonds is 6. The van der Waals surface area contributed by atoms with Crippen molar-refractivity contribution in [3.8, 4) is 0 Å². The van der Waals surface area contributed by atoms with Crippen LogP contribution in [0.3, 0.4) is 0 Å². The summed E-state index contributed by atoms with van der Waals surface area (Å²) in [5.41, 5.74) is 0. The molecule has 0 saturated heterocycles. The summed E-state index contributed by atoms with van der Waals surface area (Å²) in [5, 5.41) is 8.24. The Bertz CT molecular complexity index is 149. The molecule has 70 valence electrons. The molecule has 0 radical (unpaired) electrons. The van der Waals surface area contributed by atoms with Gasteiger partial charge in [0.2, 0.25) is 0 Å². The highest BCUT2D eigenvalue weighted by molar-refractivity contribution is 5.79. The van der Waals surface area contributed by atoms with Gasteiger partial charge in [-0.05, 0) is 6.42 Å². The Kier molecular flexibility index (Phi) is 6.32. The summed E-state index contributed by atoms with van der Waals surface area (Å²) < 4.78 is 9.81. The van der Waals surface area contributed by atoms with Gasteiger partial charge in [0.15, 0.2) is 6.29 Å². The van der Waals surface area contributed by atoms with E-state index in [9.17, 15) is 4.79 Å². The van der Waals surface area contributed by atoms with Crippen molar-refractivity contribution in [2.24, 2.45) is 0 Å². The van der Waals surface area contributed by atoms with E-state index in [0.29, 0.717) is 12.8 Å². The van der Waals surface area contributed by atoms with Crippen LogP contribution in [0.5, 0.6) is 0 Å². The fourth-order valence-electron chi connectivity index (χ4n) is 0.748. The van der Waals surface area contributed by atoms with Crippen molar-refractivity contribution in [3.05, 3.63) is 12.2 Å². The SMILES string of the molecule is COC(CCC=CC(=O)O)OC. The van der Waals surface area contributed by atoms with Crippen LogP contribution in [-0.4, -0.2) is 31.6 Å². The molecule has 0 aliphatic heterocycles. The standard InChI is InChI=1S/C8H14O4/c1-11-8(12-2)6-4-3-5-7(9)10/h3,5,8H,4,6H2,1-2H3,(H,9,10). The van der Waals surface area contributed by atoms with Gasteiger partial charge in [-0.2, -0.15) is 0 Å². The number of carboxylic acids is 1. The minimum Gasteiger partial charge on any atom is -0.478 e. The van der Waals surface area contributed by atoms with Crippen molar-refractivity contribution in [3.63, 3.8) is 0 Å². The van der Waals surface area contributed by atoms with Crippen molar-refractivity contribution in [1.82, 2.24) is 0 Å². The van der Waals surface area contributed by atoms with E-state index in [1.54, 1.807) is 20.3 Å². The van der Waals surface area contributed by atoms with Gasteiger partial charge in [0.05, 0.1) is 0 Å². The second-order valence-corrected chi connectivity index (χ2v) is 2.22. The monoisotopic (exact) mass is 174 g/mol. The van der Waals surface area contributed by atoms with E-state index in [-0.39, 0.29) is 6.29 Å². The maximum absolute atomic E-state index is 10.0. The number of hydrogen-bond donors (Lipinski definition) is 1. The molecule has 0 aliphatic rings. The van der Waals surface area contributed by atoms with Crippen LogP contribution in [-0.2, 0) is 14.3 Å². The molecule has 4 heteroatoms. The predicted molar refractivity (Wildman–Crippen MR) is 43.8 cm³/mol. The topological polar surface area (TPSA) is 55.8 Å². The van der Waals surface area contributed by atoms with E-state index in [0.717, 1.165) is 6.08 Å². The van der Waals surface area contributed by atoms with Gasteiger partial charge in [-0.15, -0.1) is 0 Å². The van der Waals surface area contributed by atoms with Crippen molar-refractivity contribution in [1.29, 1.82) is 0 Å². The minimum absolute atomic E-state index is 0.247. The highest BCUT2D eigenvalue weighted by Gasteiger charge is 2.01. The van der Waals surface area contributed by atoms with Crippen molar-refractivity contribution in [2.45, 2.75) is 19.1 Å². The van der Waals surface area contributed by atoms with Crippen LogP contribution in [0.25, 0.3) is 0 Å². The van der Waals surface area contributed by atoms with Crippen molar-refractivity contribution < 1.29 is 19.4 Å². The first-order valence-electron chi connectivity index (χ1n) is 3.65. The average molecular weight is 174 g/mol. The molecule has 1 N–H and O–H groups in total. The summed E-state index contributed by atoms with van der Waals surface area (Å²) in [4.78, 5) is 10.0. The Morgan fingerprint density at radius 3 is 2.50 bits per heavy atom. The lowest BCUT2D eigenvalue weighted by molar-refractivity contribution is -0.131. The Morgan fingerprint density at radius 1 is 1.50 bits per heavy atom. The molecule has 0 heterocycles. The third-order valence-electron chi connectivity index (χ3n) is 1.36. The molecule has 0 saturated carbocycles. The molecular formula is C8H14O4. The number of carboxylic acid groups (broad SMARTS) is 1. The van der Waals surface area contributed by atoms with Crippen LogP contribution in [0.2, 0.25) is 0 Å². The molecule has 0 bridgehead atoms. The number of methoxy groups -OCH3 is 2. The molecule has 0 aromatic carbocycles. The maximum atomic E-state index is 10.0. The van der Waals surface area contributed by atoms with E-state index in [1.807, 2.05) is 0 Å². The molecular weight excluding hydrogens is 160 g/mol. The highest BCUT2D eigenvalue weighted by atomic mass is 16.7. The average Bonchev–Trinajstić information content (AvgIpc) is 2.04. The minimum atomic E-state index is -0.929. The van der Waals surface area contributed by atoms with Gasteiger partial charge >= 0.3 is 5.97 Å². The number of ether oxygens (including phenoxy) is 2. The van der Waals surface area contributed by atoms with E-state index in [4.69, 9.17) is 14.6 Å². The third-order valence-corrected chi connectivity index (χ3v) is 1.36. The molecule has 0 aromatic heterocycles.